The minimum Gasteiger partial charge on any atom is -0.497 e. The number of aryl methyl sites for hydroxylation is 2. The molecule has 1 aliphatic rings. The zero-order valence-corrected chi connectivity index (χ0v) is 17.9. The van der Waals surface area contributed by atoms with E-state index in [4.69, 9.17) is 9.47 Å². The summed E-state index contributed by atoms with van der Waals surface area (Å²) in [7, 11) is 1.55. The van der Waals surface area contributed by atoms with Gasteiger partial charge in [-0.3, -0.25) is 9.59 Å². The summed E-state index contributed by atoms with van der Waals surface area (Å²) >= 11 is 0. The van der Waals surface area contributed by atoms with Gasteiger partial charge in [0.15, 0.2) is 0 Å². The summed E-state index contributed by atoms with van der Waals surface area (Å²) in [6, 6.07) is 11.5. The number of carbonyl (C=O) groups excluding carboxylic acids is 2. The van der Waals surface area contributed by atoms with E-state index in [0.29, 0.717) is 36.4 Å². The molecule has 1 aliphatic carbocycles. The van der Waals surface area contributed by atoms with Crippen molar-refractivity contribution in [2.45, 2.75) is 52.0 Å². The average molecular weight is 411 g/mol. The van der Waals surface area contributed by atoms with E-state index >= 15 is 0 Å². The van der Waals surface area contributed by atoms with E-state index in [1.165, 1.54) is 0 Å². The topological polar surface area (TPSA) is 76.7 Å². The molecule has 6 nitrogen and oxygen atoms in total. The lowest BCUT2D eigenvalue weighted by Crippen LogP contribution is -2.27. The average Bonchev–Trinajstić information content (AvgIpc) is 3.54. The molecule has 0 unspecified atom stereocenters. The Hall–Kier alpha value is -3.02. The van der Waals surface area contributed by atoms with Crippen LogP contribution in [0.1, 0.15) is 53.6 Å². The van der Waals surface area contributed by atoms with Gasteiger partial charge in [0, 0.05) is 12.5 Å². The van der Waals surface area contributed by atoms with Crippen LogP contribution in [0.15, 0.2) is 36.4 Å². The maximum absolute atomic E-state index is 12.5. The first-order valence-electron chi connectivity index (χ1n) is 10.4. The summed E-state index contributed by atoms with van der Waals surface area (Å²) in [6.45, 7) is 4.62. The lowest BCUT2D eigenvalue weighted by Gasteiger charge is -2.13. The highest BCUT2D eigenvalue weighted by Crippen LogP contribution is 2.25. The second kappa shape index (κ2) is 10.1. The van der Waals surface area contributed by atoms with E-state index in [1.807, 2.05) is 26.0 Å². The first kappa shape index (κ1) is 21.7. The quantitative estimate of drug-likeness (QED) is 0.570. The number of nitrogens with one attached hydrogen (secondary N) is 2. The van der Waals surface area contributed by atoms with Crippen molar-refractivity contribution < 1.29 is 19.1 Å². The van der Waals surface area contributed by atoms with Gasteiger partial charge < -0.3 is 20.1 Å². The van der Waals surface area contributed by atoms with Gasteiger partial charge in [0.1, 0.15) is 11.5 Å². The Morgan fingerprint density at radius 1 is 1.07 bits per heavy atom. The van der Waals surface area contributed by atoms with E-state index in [1.54, 1.807) is 25.3 Å². The van der Waals surface area contributed by atoms with Gasteiger partial charge in [-0.1, -0.05) is 12.1 Å². The summed E-state index contributed by atoms with van der Waals surface area (Å²) in [4.78, 5) is 24.9. The van der Waals surface area contributed by atoms with Crippen molar-refractivity contribution in [1.82, 2.24) is 5.32 Å². The number of hydrogen-bond acceptors (Lipinski definition) is 4. The standard InChI is InChI=1S/C24H30N2O4/c1-16-7-8-17(2)22(14-16)30-13-5-4-6-23(27)26-21-12-11-19(29-3)15-20(21)24(28)25-18-9-10-18/h7-8,11-12,14-15,18H,4-6,9-10,13H2,1-3H3,(H,25,28)(H,26,27). The smallest absolute Gasteiger partial charge is 0.253 e. The Morgan fingerprint density at radius 2 is 1.87 bits per heavy atom. The molecule has 6 heteroatoms. The summed E-state index contributed by atoms with van der Waals surface area (Å²) < 4.78 is 11.1. The second-order valence-corrected chi connectivity index (χ2v) is 7.78. The molecule has 0 saturated heterocycles. The Kier molecular flexibility index (Phi) is 7.33. The predicted octanol–water partition coefficient (Wildman–Crippen LogP) is 4.39. The van der Waals surface area contributed by atoms with Crippen molar-refractivity contribution in [2.24, 2.45) is 0 Å². The molecular formula is C24H30N2O4. The third-order valence-corrected chi connectivity index (χ3v) is 5.06. The molecule has 0 radical (unpaired) electrons. The number of unbranched alkanes of at least 4 members (excludes halogenated alkanes) is 1. The third-order valence-electron chi connectivity index (χ3n) is 5.06. The molecule has 1 fully saturated rings. The Labute approximate surface area is 178 Å². The highest BCUT2D eigenvalue weighted by molar-refractivity contribution is 6.04. The zero-order chi connectivity index (χ0) is 21.5. The van der Waals surface area contributed by atoms with Gasteiger partial charge in [0.25, 0.3) is 5.91 Å². The van der Waals surface area contributed by atoms with Crippen LogP contribution in [-0.2, 0) is 4.79 Å². The Morgan fingerprint density at radius 3 is 2.60 bits per heavy atom. The number of rotatable bonds is 10. The number of amides is 2. The maximum Gasteiger partial charge on any atom is 0.253 e. The molecule has 0 atom stereocenters. The fraction of sp³-hybridized carbons (Fsp3) is 0.417. The lowest BCUT2D eigenvalue weighted by atomic mass is 10.1. The molecule has 0 bridgehead atoms. The molecule has 1 saturated carbocycles. The fourth-order valence-corrected chi connectivity index (χ4v) is 3.08. The fourth-order valence-electron chi connectivity index (χ4n) is 3.08. The van der Waals surface area contributed by atoms with Crippen LogP contribution in [0.5, 0.6) is 11.5 Å². The molecule has 0 heterocycles. The molecule has 2 aromatic rings. The van der Waals surface area contributed by atoms with Crippen molar-refractivity contribution in [2.75, 3.05) is 19.0 Å². The van der Waals surface area contributed by atoms with Crippen molar-refractivity contribution in [1.29, 1.82) is 0 Å². The van der Waals surface area contributed by atoms with Gasteiger partial charge in [-0.2, -0.15) is 0 Å². The molecule has 160 valence electrons. The summed E-state index contributed by atoms with van der Waals surface area (Å²) in [6.07, 6.45) is 3.85. The first-order chi connectivity index (χ1) is 14.5. The maximum atomic E-state index is 12.5. The van der Waals surface area contributed by atoms with E-state index in [0.717, 1.165) is 36.1 Å². The molecular weight excluding hydrogens is 380 g/mol. The van der Waals surface area contributed by atoms with Gasteiger partial charge in [-0.05, 0) is 74.9 Å². The number of ether oxygens (including phenoxy) is 2. The van der Waals surface area contributed by atoms with Crippen LogP contribution in [0.2, 0.25) is 0 Å². The Balaban J connectivity index is 1.48. The van der Waals surface area contributed by atoms with Crippen LogP contribution in [0, 0.1) is 13.8 Å². The predicted molar refractivity (Wildman–Crippen MR) is 117 cm³/mol. The molecule has 2 amide bonds. The Bertz CT molecular complexity index is 906. The molecule has 0 aromatic heterocycles. The van der Waals surface area contributed by atoms with Gasteiger partial charge >= 0.3 is 0 Å². The monoisotopic (exact) mass is 410 g/mol. The summed E-state index contributed by atoms with van der Waals surface area (Å²) in [5.74, 6) is 1.17. The van der Waals surface area contributed by atoms with Gasteiger partial charge in [0.05, 0.1) is 25.0 Å². The van der Waals surface area contributed by atoms with Gasteiger partial charge in [-0.15, -0.1) is 0 Å². The van der Waals surface area contributed by atoms with Crippen molar-refractivity contribution in [3.05, 3.63) is 53.1 Å². The lowest BCUT2D eigenvalue weighted by molar-refractivity contribution is -0.116. The molecule has 2 aromatic carbocycles. The van der Waals surface area contributed by atoms with Gasteiger partial charge in [-0.25, -0.2) is 0 Å². The van der Waals surface area contributed by atoms with E-state index in [9.17, 15) is 9.59 Å². The van der Waals surface area contributed by atoms with Gasteiger partial charge in [0.2, 0.25) is 5.91 Å². The number of anilines is 1. The van der Waals surface area contributed by atoms with E-state index in [-0.39, 0.29) is 17.9 Å². The van der Waals surface area contributed by atoms with Crippen LogP contribution in [-0.4, -0.2) is 31.6 Å². The van der Waals surface area contributed by atoms with Crippen molar-refractivity contribution in [3.63, 3.8) is 0 Å². The highest BCUT2D eigenvalue weighted by atomic mass is 16.5. The molecule has 2 N–H and O–H groups in total. The van der Waals surface area contributed by atoms with E-state index < -0.39 is 0 Å². The summed E-state index contributed by atoms with van der Waals surface area (Å²) in [5.41, 5.74) is 3.20. The van der Waals surface area contributed by atoms with Crippen molar-refractivity contribution in [3.8, 4) is 11.5 Å². The molecule has 3 rings (SSSR count). The van der Waals surface area contributed by atoms with Crippen molar-refractivity contribution >= 4 is 17.5 Å². The van der Waals surface area contributed by atoms with Crippen LogP contribution in [0.3, 0.4) is 0 Å². The third kappa shape index (κ3) is 6.24. The SMILES string of the molecule is COc1ccc(NC(=O)CCCCOc2cc(C)ccc2C)c(C(=O)NC2CC2)c1. The largest absolute Gasteiger partial charge is 0.497 e. The zero-order valence-electron chi connectivity index (χ0n) is 17.9. The number of methoxy groups -OCH3 is 1. The van der Waals surface area contributed by atoms with Crippen LogP contribution >= 0.6 is 0 Å². The van der Waals surface area contributed by atoms with Crippen LogP contribution in [0.25, 0.3) is 0 Å². The number of benzene rings is 2. The minimum atomic E-state index is -0.186. The van der Waals surface area contributed by atoms with Crippen LogP contribution in [0.4, 0.5) is 5.69 Å². The molecule has 0 aliphatic heterocycles. The number of carbonyl (C=O) groups is 2. The highest BCUT2D eigenvalue weighted by Gasteiger charge is 2.25. The first-order valence-corrected chi connectivity index (χ1v) is 10.4. The molecule has 30 heavy (non-hydrogen) atoms. The van der Waals surface area contributed by atoms with Crippen LogP contribution < -0.4 is 20.1 Å². The minimum absolute atomic E-state index is 0.118. The molecule has 0 spiro atoms. The summed E-state index contributed by atoms with van der Waals surface area (Å²) in [5, 5.41) is 5.82. The number of hydrogen-bond donors (Lipinski definition) is 2. The normalized spacial score (nSPS) is 12.9. The second-order valence-electron chi connectivity index (χ2n) is 7.78. The van der Waals surface area contributed by atoms with E-state index in [2.05, 4.69) is 16.7 Å².